The Labute approximate surface area is 103 Å². The lowest BCUT2D eigenvalue weighted by Crippen LogP contribution is -2.28. The van der Waals surface area contributed by atoms with Crippen LogP contribution in [0.25, 0.3) is 0 Å². The standard InChI is InChI=1S/C11H14FN3O3/c1-7(6-13-2)11(16)14-9-5-8(12)3-4-10(9)15(17)18/h3-5,7,13H,6H2,1-2H3,(H,14,16). The summed E-state index contributed by atoms with van der Waals surface area (Å²) in [7, 11) is 1.69. The highest BCUT2D eigenvalue weighted by Crippen LogP contribution is 2.25. The molecule has 1 amide bonds. The number of carbonyl (C=O) groups excluding carboxylic acids is 1. The Kier molecular flexibility index (Phi) is 4.73. The number of nitrogens with zero attached hydrogens (tertiary/aromatic N) is 1. The second-order valence-corrected chi connectivity index (χ2v) is 3.87. The minimum atomic E-state index is -0.669. The molecule has 1 rings (SSSR count). The fourth-order valence-electron chi connectivity index (χ4n) is 1.42. The number of anilines is 1. The monoisotopic (exact) mass is 255 g/mol. The van der Waals surface area contributed by atoms with E-state index in [1.807, 2.05) is 0 Å². The van der Waals surface area contributed by atoms with Crippen LogP contribution in [-0.4, -0.2) is 24.4 Å². The number of nitro groups is 1. The first-order chi connectivity index (χ1) is 8.45. The van der Waals surface area contributed by atoms with Gasteiger partial charge in [0, 0.05) is 24.6 Å². The van der Waals surface area contributed by atoms with Gasteiger partial charge in [0.15, 0.2) is 0 Å². The lowest BCUT2D eigenvalue weighted by Gasteiger charge is -2.11. The summed E-state index contributed by atoms with van der Waals surface area (Å²) in [6.07, 6.45) is 0. The molecule has 7 heteroatoms. The number of rotatable bonds is 5. The van der Waals surface area contributed by atoms with Crippen molar-refractivity contribution in [2.24, 2.45) is 5.92 Å². The van der Waals surface area contributed by atoms with E-state index in [4.69, 9.17) is 0 Å². The van der Waals surface area contributed by atoms with Crippen LogP contribution in [0.1, 0.15) is 6.92 Å². The van der Waals surface area contributed by atoms with Gasteiger partial charge in [-0.05, 0) is 13.1 Å². The fraction of sp³-hybridized carbons (Fsp3) is 0.364. The van der Waals surface area contributed by atoms with Crippen molar-refractivity contribution in [1.29, 1.82) is 0 Å². The van der Waals surface area contributed by atoms with Gasteiger partial charge in [-0.3, -0.25) is 14.9 Å². The van der Waals surface area contributed by atoms with Crippen LogP contribution in [0.4, 0.5) is 15.8 Å². The predicted octanol–water partition coefficient (Wildman–Crippen LogP) is 1.53. The van der Waals surface area contributed by atoms with Crippen molar-refractivity contribution in [2.75, 3.05) is 18.9 Å². The quantitative estimate of drug-likeness (QED) is 0.617. The summed E-state index contributed by atoms with van der Waals surface area (Å²) >= 11 is 0. The van der Waals surface area contributed by atoms with Crippen molar-refractivity contribution in [3.8, 4) is 0 Å². The molecule has 0 aliphatic rings. The van der Waals surface area contributed by atoms with E-state index >= 15 is 0 Å². The molecule has 18 heavy (non-hydrogen) atoms. The Morgan fingerprint density at radius 3 is 2.78 bits per heavy atom. The Bertz CT molecular complexity index is 465. The van der Waals surface area contributed by atoms with Gasteiger partial charge in [0.1, 0.15) is 11.5 Å². The molecule has 0 radical (unpaired) electrons. The number of carbonyl (C=O) groups is 1. The largest absolute Gasteiger partial charge is 0.320 e. The highest BCUT2D eigenvalue weighted by molar-refractivity contribution is 5.94. The second-order valence-electron chi connectivity index (χ2n) is 3.87. The van der Waals surface area contributed by atoms with E-state index in [-0.39, 0.29) is 17.3 Å². The summed E-state index contributed by atoms with van der Waals surface area (Å²) in [5.74, 6) is -1.42. The Hall–Kier alpha value is -2.02. The number of hydrogen-bond donors (Lipinski definition) is 2. The van der Waals surface area contributed by atoms with Crippen LogP contribution >= 0.6 is 0 Å². The molecule has 6 nitrogen and oxygen atoms in total. The van der Waals surface area contributed by atoms with Crippen LogP contribution in [0.3, 0.4) is 0 Å². The zero-order chi connectivity index (χ0) is 13.7. The third kappa shape index (κ3) is 3.49. The maximum atomic E-state index is 13.0. The van der Waals surface area contributed by atoms with Crippen LogP contribution in [0.15, 0.2) is 18.2 Å². The molecule has 0 heterocycles. The maximum Gasteiger partial charge on any atom is 0.292 e. The lowest BCUT2D eigenvalue weighted by molar-refractivity contribution is -0.384. The molecule has 0 fully saturated rings. The molecular formula is C11H14FN3O3. The van der Waals surface area contributed by atoms with Crippen molar-refractivity contribution < 1.29 is 14.1 Å². The van der Waals surface area contributed by atoms with Gasteiger partial charge < -0.3 is 10.6 Å². The minimum absolute atomic E-state index is 0.132. The van der Waals surface area contributed by atoms with Crippen molar-refractivity contribution in [3.05, 3.63) is 34.1 Å². The van der Waals surface area contributed by atoms with E-state index in [1.54, 1.807) is 14.0 Å². The number of halogens is 1. The third-order valence-corrected chi connectivity index (χ3v) is 2.37. The van der Waals surface area contributed by atoms with Gasteiger partial charge in [0.2, 0.25) is 5.91 Å². The lowest BCUT2D eigenvalue weighted by atomic mass is 10.1. The van der Waals surface area contributed by atoms with Crippen LogP contribution in [0.5, 0.6) is 0 Å². The number of benzene rings is 1. The van der Waals surface area contributed by atoms with Crippen molar-refractivity contribution in [3.63, 3.8) is 0 Å². The van der Waals surface area contributed by atoms with Gasteiger partial charge in [-0.1, -0.05) is 6.92 Å². The van der Waals surface area contributed by atoms with Crippen molar-refractivity contribution >= 4 is 17.3 Å². The molecule has 0 spiro atoms. The Balaban J connectivity index is 2.92. The molecule has 1 aromatic carbocycles. The highest BCUT2D eigenvalue weighted by atomic mass is 19.1. The van der Waals surface area contributed by atoms with E-state index in [0.29, 0.717) is 6.54 Å². The summed E-state index contributed by atoms with van der Waals surface area (Å²) in [6, 6.07) is 2.93. The second kappa shape index (κ2) is 6.06. The van der Waals surface area contributed by atoms with Gasteiger partial charge in [0.05, 0.1) is 4.92 Å². The molecule has 1 aromatic rings. The molecule has 0 aliphatic heterocycles. The molecular weight excluding hydrogens is 241 g/mol. The first-order valence-corrected chi connectivity index (χ1v) is 5.35. The van der Waals surface area contributed by atoms with E-state index in [1.165, 1.54) is 0 Å². The molecule has 2 N–H and O–H groups in total. The van der Waals surface area contributed by atoms with E-state index in [9.17, 15) is 19.3 Å². The Morgan fingerprint density at radius 2 is 2.22 bits per heavy atom. The zero-order valence-corrected chi connectivity index (χ0v) is 10.1. The van der Waals surface area contributed by atoms with Crippen LogP contribution < -0.4 is 10.6 Å². The third-order valence-electron chi connectivity index (χ3n) is 2.37. The average Bonchev–Trinajstić information content (AvgIpc) is 2.28. The smallest absolute Gasteiger partial charge is 0.292 e. The number of amides is 1. The van der Waals surface area contributed by atoms with Crippen molar-refractivity contribution in [2.45, 2.75) is 6.92 Å². The van der Waals surface area contributed by atoms with Crippen molar-refractivity contribution in [1.82, 2.24) is 5.32 Å². The highest BCUT2D eigenvalue weighted by Gasteiger charge is 2.19. The summed E-state index contributed by atoms with van der Waals surface area (Å²) in [6.45, 7) is 2.09. The van der Waals surface area contributed by atoms with Gasteiger partial charge in [-0.2, -0.15) is 0 Å². The summed E-state index contributed by atoms with van der Waals surface area (Å²) < 4.78 is 13.0. The van der Waals surface area contributed by atoms with Gasteiger partial charge in [0.25, 0.3) is 5.69 Å². The number of nitro benzene ring substituents is 1. The molecule has 0 aliphatic carbocycles. The molecule has 1 unspecified atom stereocenters. The first-order valence-electron chi connectivity index (χ1n) is 5.35. The fourth-order valence-corrected chi connectivity index (χ4v) is 1.42. The van der Waals surface area contributed by atoms with Crippen LogP contribution in [-0.2, 0) is 4.79 Å². The van der Waals surface area contributed by atoms with Gasteiger partial charge >= 0.3 is 0 Å². The normalized spacial score (nSPS) is 11.9. The summed E-state index contributed by atoms with van der Waals surface area (Å²) in [4.78, 5) is 21.8. The predicted molar refractivity (Wildman–Crippen MR) is 64.8 cm³/mol. The molecule has 98 valence electrons. The Morgan fingerprint density at radius 1 is 1.56 bits per heavy atom. The van der Waals surface area contributed by atoms with E-state index in [2.05, 4.69) is 10.6 Å². The van der Waals surface area contributed by atoms with Gasteiger partial charge in [-0.25, -0.2) is 4.39 Å². The first kappa shape index (κ1) is 14.0. The number of hydrogen-bond acceptors (Lipinski definition) is 4. The van der Waals surface area contributed by atoms with Gasteiger partial charge in [-0.15, -0.1) is 0 Å². The topological polar surface area (TPSA) is 84.3 Å². The molecule has 0 saturated carbocycles. The maximum absolute atomic E-state index is 13.0. The van der Waals surface area contributed by atoms with E-state index < -0.39 is 16.6 Å². The van der Waals surface area contributed by atoms with E-state index in [0.717, 1.165) is 18.2 Å². The zero-order valence-electron chi connectivity index (χ0n) is 10.1. The van der Waals surface area contributed by atoms with Crippen LogP contribution in [0.2, 0.25) is 0 Å². The molecule has 1 atom stereocenters. The summed E-state index contributed by atoms with van der Waals surface area (Å²) in [5, 5.41) is 15.9. The summed E-state index contributed by atoms with van der Waals surface area (Å²) in [5.41, 5.74) is -0.464. The SMILES string of the molecule is CNCC(C)C(=O)Nc1cc(F)ccc1[N+](=O)[O-]. The molecule has 0 bridgehead atoms. The molecule has 0 saturated heterocycles. The van der Waals surface area contributed by atoms with Crippen LogP contribution in [0, 0.1) is 21.8 Å². The average molecular weight is 255 g/mol. The molecule has 0 aromatic heterocycles. The minimum Gasteiger partial charge on any atom is -0.320 e. The number of nitrogens with one attached hydrogen (secondary N) is 2.